The number of ketones is 1. The lowest BCUT2D eigenvalue weighted by molar-refractivity contribution is -0.346. The number of hydrogen-bond donors (Lipinski definition) is 2. The highest BCUT2D eigenvalue weighted by Gasteiger charge is 2.77. The van der Waals surface area contributed by atoms with E-state index in [1.54, 1.807) is 58.0 Å². The first-order valence-corrected chi connectivity index (χ1v) is 13.5. The van der Waals surface area contributed by atoms with Gasteiger partial charge in [-0.3, -0.25) is 9.59 Å². The van der Waals surface area contributed by atoms with E-state index in [0.29, 0.717) is 11.1 Å². The number of aliphatic hydroxyl groups is 2. The molecular formula is C30H38O9. The summed E-state index contributed by atoms with van der Waals surface area (Å²) in [4.78, 5) is 40.6. The summed E-state index contributed by atoms with van der Waals surface area (Å²) in [6, 6.07) is 8.38. The van der Waals surface area contributed by atoms with Gasteiger partial charge in [0.2, 0.25) is 0 Å². The molecule has 1 aromatic carbocycles. The molecule has 2 N–H and O–H groups in total. The molecular weight excluding hydrogens is 504 g/mol. The second-order valence-corrected chi connectivity index (χ2v) is 12.3. The van der Waals surface area contributed by atoms with E-state index in [1.807, 2.05) is 0 Å². The summed E-state index contributed by atoms with van der Waals surface area (Å²) in [7, 11) is 1.51. The fourth-order valence-corrected chi connectivity index (χ4v) is 7.80. The zero-order valence-corrected chi connectivity index (χ0v) is 23.4. The van der Waals surface area contributed by atoms with Crippen molar-refractivity contribution in [3.05, 3.63) is 47.0 Å². The number of ether oxygens (including phenoxy) is 4. The Hall–Kier alpha value is -2.59. The highest BCUT2D eigenvalue weighted by Crippen LogP contribution is 2.64. The second-order valence-electron chi connectivity index (χ2n) is 12.3. The molecule has 4 aliphatic rings. The topological polar surface area (TPSA) is 129 Å². The summed E-state index contributed by atoms with van der Waals surface area (Å²) < 4.78 is 24.1. The number of benzene rings is 1. The zero-order valence-electron chi connectivity index (χ0n) is 23.4. The summed E-state index contributed by atoms with van der Waals surface area (Å²) in [6.07, 6.45) is -3.62. The maximum atomic E-state index is 14.4. The van der Waals surface area contributed by atoms with Gasteiger partial charge in [0.25, 0.3) is 0 Å². The fraction of sp³-hybridized carbons (Fsp3) is 0.633. The van der Waals surface area contributed by atoms with Crippen LogP contribution in [0.4, 0.5) is 0 Å². The fourth-order valence-electron chi connectivity index (χ4n) is 7.80. The molecule has 0 aromatic heterocycles. The number of carbonyl (C=O) groups excluding carboxylic acids is 3. The van der Waals surface area contributed by atoms with E-state index >= 15 is 0 Å². The monoisotopic (exact) mass is 542 g/mol. The summed E-state index contributed by atoms with van der Waals surface area (Å²) in [5.74, 6) is -2.49. The smallest absolute Gasteiger partial charge is 0.338 e. The van der Waals surface area contributed by atoms with Crippen LogP contribution in [0, 0.1) is 16.7 Å². The molecule has 212 valence electrons. The molecule has 0 amide bonds. The van der Waals surface area contributed by atoms with Crippen molar-refractivity contribution in [2.75, 3.05) is 13.7 Å². The minimum absolute atomic E-state index is 0.0264. The Morgan fingerprint density at radius 2 is 1.79 bits per heavy atom. The van der Waals surface area contributed by atoms with Crippen molar-refractivity contribution >= 4 is 17.7 Å². The van der Waals surface area contributed by atoms with Crippen molar-refractivity contribution in [2.24, 2.45) is 16.7 Å². The highest BCUT2D eigenvalue weighted by atomic mass is 16.6. The molecule has 8 atom stereocenters. The minimum Gasteiger partial charge on any atom is -0.455 e. The lowest BCUT2D eigenvalue weighted by Crippen LogP contribution is -2.81. The summed E-state index contributed by atoms with van der Waals surface area (Å²) in [6.45, 7) is 8.39. The molecule has 3 aliphatic carbocycles. The van der Waals surface area contributed by atoms with Gasteiger partial charge in [-0.1, -0.05) is 37.6 Å². The van der Waals surface area contributed by atoms with E-state index in [9.17, 15) is 24.6 Å². The molecule has 9 nitrogen and oxygen atoms in total. The molecule has 0 radical (unpaired) electrons. The maximum absolute atomic E-state index is 14.4. The Labute approximate surface area is 228 Å². The lowest BCUT2D eigenvalue weighted by atomic mass is 9.45. The van der Waals surface area contributed by atoms with Crippen molar-refractivity contribution in [3.63, 3.8) is 0 Å². The SMILES string of the molecule is CO[C@H]1C[C@H]2OC[C@@]2(OC(C)=O)C2[C@H](OC(=O)c3ccccc3)[C@]3(O)C[C@H](O)C(C)=C(CC(=O)[C@@]21C)C3(C)C. The zero-order chi connectivity index (χ0) is 28.5. The van der Waals surface area contributed by atoms with Crippen molar-refractivity contribution in [1.82, 2.24) is 0 Å². The molecule has 0 spiro atoms. The van der Waals surface area contributed by atoms with Gasteiger partial charge in [0, 0.05) is 38.7 Å². The largest absolute Gasteiger partial charge is 0.455 e. The van der Waals surface area contributed by atoms with Crippen LogP contribution in [-0.2, 0) is 28.5 Å². The molecule has 1 heterocycles. The van der Waals surface area contributed by atoms with E-state index in [-0.39, 0.29) is 37.2 Å². The van der Waals surface area contributed by atoms with Gasteiger partial charge in [-0.05, 0) is 31.6 Å². The Morgan fingerprint density at radius 3 is 2.36 bits per heavy atom. The van der Waals surface area contributed by atoms with Crippen molar-refractivity contribution in [1.29, 1.82) is 0 Å². The summed E-state index contributed by atoms with van der Waals surface area (Å²) in [5.41, 5.74) is -4.09. The second kappa shape index (κ2) is 9.23. The Balaban J connectivity index is 1.80. The third-order valence-corrected chi connectivity index (χ3v) is 10.2. The van der Waals surface area contributed by atoms with Crippen LogP contribution in [-0.4, -0.2) is 77.3 Å². The number of carbonyl (C=O) groups is 3. The van der Waals surface area contributed by atoms with Gasteiger partial charge in [-0.2, -0.15) is 0 Å². The molecule has 1 unspecified atom stereocenters. The van der Waals surface area contributed by atoms with E-state index < -0.39 is 64.3 Å². The number of hydrogen-bond acceptors (Lipinski definition) is 9. The standard InChI is InChI=1S/C30H38O9/c1-16-19-12-21(33)28(5)22(36-6)13-23-29(15-37-23,39-17(2)31)24(28)25(30(35,14-20(16)32)27(19,3)4)38-26(34)18-10-8-7-9-11-18/h7-11,20,22-25,32,35H,12-15H2,1-6H3/t20-,22-,23+,24?,25-,28+,29-,30+/m0/s1. The quantitative estimate of drug-likeness (QED) is 0.436. The van der Waals surface area contributed by atoms with Crippen LogP contribution in [0.1, 0.15) is 64.2 Å². The van der Waals surface area contributed by atoms with Crippen LogP contribution in [0.5, 0.6) is 0 Å². The number of esters is 2. The third kappa shape index (κ3) is 3.77. The normalized spacial score (nSPS) is 40.8. The van der Waals surface area contributed by atoms with Gasteiger partial charge < -0.3 is 29.2 Å². The van der Waals surface area contributed by atoms with Gasteiger partial charge in [-0.25, -0.2) is 4.79 Å². The van der Waals surface area contributed by atoms with Gasteiger partial charge in [-0.15, -0.1) is 0 Å². The number of aliphatic hydroxyl groups excluding tert-OH is 1. The van der Waals surface area contributed by atoms with Gasteiger partial charge in [0.05, 0.1) is 35.7 Å². The van der Waals surface area contributed by atoms with Crippen LogP contribution in [0.2, 0.25) is 0 Å². The number of fused-ring (bicyclic) bond motifs is 5. The van der Waals surface area contributed by atoms with Crippen molar-refractivity contribution in [2.45, 2.75) is 89.5 Å². The Bertz CT molecular complexity index is 1220. The van der Waals surface area contributed by atoms with Crippen LogP contribution in [0.3, 0.4) is 0 Å². The predicted molar refractivity (Wildman–Crippen MR) is 139 cm³/mol. The highest BCUT2D eigenvalue weighted by molar-refractivity contribution is 5.91. The average Bonchev–Trinajstić information content (AvgIpc) is 2.87. The third-order valence-electron chi connectivity index (χ3n) is 10.2. The van der Waals surface area contributed by atoms with Crippen LogP contribution in [0.15, 0.2) is 41.5 Å². The Kier molecular flexibility index (Phi) is 6.61. The van der Waals surface area contributed by atoms with Crippen LogP contribution in [0.25, 0.3) is 0 Å². The van der Waals surface area contributed by atoms with Gasteiger partial charge in [0.1, 0.15) is 23.6 Å². The van der Waals surface area contributed by atoms with E-state index in [4.69, 9.17) is 18.9 Å². The van der Waals surface area contributed by atoms with Crippen LogP contribution < -0.4 is 0 Å². The first kappa shape index (κ1) is 28.0. The predicted octanol–water partition coefficient (Wildman–Crippen LogP) is 2.77. The first-order chi connectivity index (χ1) is 18.2. The number of Topliss-reactive ketones (excluding diaryl/α,β-unsaturated/α-hetero) is 1. The average molecular weight is 543 g/mol. The van der Waals surface area contributed by atoms with E-state index in [2.05, 4.69) is 0 Å². The molecule has 1 saturated heterocycles. The molecule has 2 bridgehead atoms. The molecule has 9 heteroatoms. The first-order valence-electron chi connectivity index (χ1n) is 13.5. The van der Waals surface area contributed by atoms with Crippen molar-refractivity contribution in [3.8, 4) is 0 Å². The van der Waals surface area contributed by atoms with E-state index in [0.717, 1.165) is 0 Å². The number of rotatable bonds is 4. The summed E-state index contributed by atoms with van der Waals surface area (Å²) >= 11 is 0. The number of methoxy groups -OCH3 is 1. The van der Waals surface area contributed by atoms with Gasteiger partial charge >= 0.3 is 11.9 Å². The summed E-state index contributed by atoms with van der Waals surface area (Å²) in [5, 5.41) is 23.9. The van der Waals surface area contributed by atoms with Crippen LogP contribution >= 0.6 is 0 Å². The molecule has 5 rings (SSSR count). The molecule has 1 aromatic rings. The van der Waals surface area contributed by atoms with Gasteiger partial charge in [0.15, 0.2) is 5.60 Å². The van der Waals surface area contributed by atoms with E-state index in [1.165, 1.54) is 14.0 Å². The minimum atomic E-state index is -1.83. The molecule has 3 fully saturated rings. The van der Waals surface area contributed by atoms with Crippen molar-refractivity contribution < 1.29 is 43.5 Å². The maximum Gasteiger partial charge on any atom is 0.338 e. The molecule has 1 aliphatic heterocycles. The Morgan fingerprint density at radius 1 is 1.13 bits per heavy atom. The lowest BCUT2D eigenvalue weighted by Gasteiger charge is -2.67. The molecule has 39 heavy (non-hydrogen) atoms. The molecule has 2 saturated carbocycles.